The van der Waals surface area contributed by atoms with Crippen molar-refractivity contribution in [2.24, 2.45) is 4.99 Å². The molecule has 0 aliphatic rings. The van der Waals surface area contributed by atoms with Crippen molar-refractivity contribution in [3.63, 3.8) is 0 Å². The van der Waals surface area contributed by atoms with Crippen LogP contribution in [0, 0.1) is 0 Å². The predicted molar refractivity (Wildman–Crippen MR) is 128 cm³/mol. The molecule has 3 aromatic carbocycles. The molecule has 0 aliphatic carbocycles. The molecule has 8 nitrogen and oxygen atoms in total. The maximum Gasteiger partial charge on any atom is 0.325 e. The van der Waals surface area contributed by atoms with Crippen LogP contribution in [0.25, 0.3) is 10.2 Å². The van der Waals surface area contributed by atoms with Gasteiger partial charge in [-0.2, -0.15) is 4.99 Å². The SMILES string of the molecule is COC(=O)Cn1c(=NC(=O)c2ccc(Oc3ccccc3)cc2)sc2cc(OC)c(OC)cc21. The Morgan fingerprint density at radius 2 is 1.53 bits per heavy atom. The Morgan fingerprint density at radius 1 is 0.882 bits per heavy atom. The summed E-state index contributed by atoms with van der Waals surface area (Å²) < 4.78 is 23.8. The van der Waals surface area contributed by atoms with E-state index in [4.69, 9.17) is 18.9 Å². The number of hydrogen-bond acceptors (Lipinski definition) is 7. The number of amides is 1. The van der Waals surface area contributed by atoms with E-state index in [0.717, 1.165) is 4.70 Å². The van der Waals surface area contributed by atoms with Crippen molar-refractivity contribution < 1.29 is 28.5 Å². The molecule has 0 saturated heterocycles. The number of nitrogens with zero attached hydrogens (tertiary/aromatic N) is 2. The molecule has 0 bridgehead atoms. The van der Waals surface area contributed by atoms with Gasteiger partial charge in [-0.15, -0.1) is 0 Å². The summed E-state index contributed by atoms with van der Waals surface area (Å²) in [6.45, 7) is -0.109. The number of methoxy groups -OCH3 is 3. The van der Waals surface area contributed by atoms with Gasteiger partial charge in [0, 0.05) is 17.7 Å². The first-order valence-electron chi connectivity index (χ1n) is 10.3. The van der Waals surface area contributed by atoms with Gasteiger partial charge in [0.05, 0.1) is 31.5 Å². The molecule has 0 saturated carbocycles. The summed E-state index contributed by atoms with van der Waals surface area (Å²) in [5, 5.41) is 0. The summed E-state index contributed by atoms with van der Waals surface area (Å²) in [6.07, 6.45) is 0. The number of esters is 1. The van der Waals surface area contributed by atoms with Gasteiger partial charge in [-0.3, -0.25) is 9.59 Å². The molecule has 0 unspecified atom stereocenters. The van der Waals surface area contributed by atoms with Gasteiger partial charge < -0.3 is 23.5 Å². The monoisotopic (exact) mass is 478 g/mol. The third-order valence-corrected chi connectivity index (χ3v) is 6.02. The lowest BCUT2D eigenvalue weighted by Crippen LogP contribution is -2.22. The fourth-order valence-corrected chi connectivity index (χ4v) is 4.31. The molecular formula is C25H22N2O6S. The first-order valence-corrected chi connectivity index (χ1v) is 11.1. The number of hydrogen-bond donors (Lipinski definition) is 0. The van der Waals surface area contributed by atoms with Crippen LogP contribution in [-0.2, 0) is 16.1 Å². The molecule has 1 aromatic heterocycles. The normalized spacial score (nSPS) is 11.3. The van der Waals surface area contributed by atoms with Crippen LogP contribution in [0.3, 0.4) is 0 Å². The lowest BCUT2D eigenvalue weighted by atomic mass is 10.2. The summed E-state index contributed by atoms with van der Waals surface area (Å²) in [7, 11) is 4.38. The number of fused-ring (bicyclic) bond motifs is 1. The molecule has 34 heavy (non-hydrogen) atoms. The molecule has 174 valence electrons. The number of para-hydroxylation sites is 1. The molecule has 4 rings (SSSR count). The summed E-state index contributed by atoms with van der Waals surface area (Å²) in [4.78, 5) is 29.6. The number of carbonyl (C=O) groups is 2. The molecule has 0 atom stereocenters. The Hall–Kier alpha value is -4.11. The van der Waals surface area contributed by atoms with Crippen LogP contribution in [0.5, 0.6) is 23.0 Å². The number of ether oxygens (including phenoxy) is 4. The van der Waals surface area contributed by atoms with Gasteiger partial charge in [-0.1, -0.05) is 29.5 Å². The van der Waals surface area contributed by atoms with Crippen LogP contribution in [0.4, 0.5) is 0 Å². The van der Waals surface area contributed by atoms with Crippen molar-refractivity contribution in [3.05, 3.63) is 77.1 Å². The number of carbonyl (C=O) groups excluding carboxylic acids is 2. The maximum absolute atomic E-state index is 12.9. The molecule has 9 heteroatoms. The molecule has 0 aliphatic heterocycles. The van der Waals surface area contributed by atoms with Crippen molar-refractivity contribution in [1.29, 1.82) is 0 Å². The van der Waals surface area contributed by atoms with Gasteiger partial charge in [-0.25, -0.2) is 0 Å². The molecule has 0 radical (unpaired) electrons. The zero-order valence-electron chi connectivity index (χ0n) is 18.8. The Balaban J connectivity index is 1.70. The second-order valence-corrected chi connectivity index (χ2v) is 8.09. The van der Waals surface area contributed by atoms with E-state index >= 15 is 0 Å². The van der Waals surface area contributed by atoms with Crippen molar-refractivity contribution >= 4 is 33.4 Å². The van der Waals surface area contributed by atoms with Crippen LogP contribution in [-0.4, -0.2) is 37.8 Å². The number of rotatable bonds is 7. The molecule has 0 spiro atoms. The Bertz CT molecular complexity index is 1390. The maximum atomic E-state index is 12.9. The first-order chi connectivity index (χ1) is 16.5. The van der Waals surface area contributed by atoms with Crippen LogP contribution in [0.2, 0.25) is 0 Å². The van der Waals surface area contributed by atoms with Gasteiger partial charge in [-0.05, 0) is 36.4 Å². The first kappa shape index (κ1) is 23.1. The average molecular weight is 479 g/mol. The Morgan fingerprint density at radius 3 is 2.18 bits per heavy atom. The molecule has 0 fully saturated rings. The van der Waals surface area contributed by atoms with Gasteiger partial charge >= 0.3 is 5.97 Å². The summed E-state index contributed by atoms with van der Waals surface area (Å²) >= 11 is 1.26. The summed E-state index contributed by atoms with van der Waals surface area (Å²) in [5.74, 6) is 1.42. The second-order valence-electron chi connectivity index (χ2n) is 7.08. The van der Waals surface area contributed by atoms with E-state index in [1.807, 2.05) is 30.3 Å². The van der Waals surface area contributed by atoms with Gasteiger partial charge in [0.1, 0.15) is 18.0 Å². The molecule has 4 aromatic rings. The minimum Gasteiger partial charge on any atom is -0.493 e. The van der Waals surface area contributed by atoms with E-state index in [0.29, 0.717) is 38.9 Å². The van der Waals surface area contributed by atoms with Crippen molar-refractivity contribution in [1.82, 2.24) is 4.57 Å². The second kappa shape index (κ2) is 10.2. The van der Waals surface area contributed by atoms with Crippen LogP contribution in [0.1, 0.15) is 10.4 Å². The smallest absolute Gasteiger partial charge is 0.325 e. The fraction of sp³-hybridized carbons (Fsp3) is 0.160. The van der Waals surface area contributed by atoms with E-state index in [-0.39, 0.29) is 6.54 Å². The summed E-state index contributed by atoms with van der Waals surface area (Å²) in [5.41, 5.74) is 1.06. The van der Waals surface area contributed by atoms with Crippen molar-refractivity contribution in [3.8, 4) is 23.0 Å². The third kappa shape index (κ3) is 4.94. The standard InChI is InChI=1S/C25H22N2O6S/c1-30-20-13-19-22(14-21(20)31-2)34-25(27(19)15-23(28)32-3)26-24(29)16-9-11-18(12-10-16)33-17-7-5-4-6-8-17/h4-14H,15H2,1-3H3. The quantitative estimate of drug-likeness (QED) is 0.365. The number of benzene rings is 3. The average Bonchev–Trinajstić information content (AvgIpc) is 3.19. The minimum atomic E-state index is -0.467. The van der Waals surface area contributed by atoms with E-state index in [2.05, 4.69) is 4.99 Å². The predicted octanol–water partition coefficient (Wildman–Crippen LogP) is 4.43. The highest BCUT2D eigenvalue weighted by atomic mass is 32.1. The minimum absolute atomic E-state index is 0.109. The molecule has 1 amide bonds. The van der Waals surface area contributed by atoms with E-state index in [1.165, 1.54) is 25.6 Å². The van der Waals surface area contributed by atoms with Gasteiger partial charge in [0.15, 0.2) is 16.3 Å². The van der Waals surface area contributed by atoms with E-state index in [1.54, 1.807) is 48.1 Å². The zero-order chi connectivity index (χ0) is 24.1. The Kier molecular flexibility index (Phi) is 6.93. The van der Waals surface area contributed by atoms with Crippen molar-refractivity contribution in [2.75, 3.05) is 21.3 Å². The summed E-state index contributed by atoms with van der Waals surface area (Å²) in [6, 6.07) is 19.6. The largest absolute Gasteiger partial charge is 0.493 e. The number of aromatic nitrogens is 1. The van der Waals surface area contributed by atoms with Crippen molar-refractivity contribution in [2.45, 2.75) is 6.54 Å². The van der Waals surface area contributed by atoms with Crippen LogP contribution in [0.15, 0.2) is 71.7 Å². The van der Waals surface area contributed by atoms with E-state index < -0.39 is 11.9 Å². The highest BCUT2D eigenvalue weighted by Crippen LogP contribution is 2.33. The Labute approximate surface area is 199 Å². The topological polar surface area (TPSA) is 88.4 Å². The molecular weight excluding hydrogens is 456 g/mol. The third-order valence-electron chi connectivity index (χ3n) is 4.98. The fourth-order valence-electron chi connectivity index (χ4n) is 3.27. The van der Waals surface area contributed by atoms with Gasteiger partial charge in [0.25, 0.3) is 5.91 Å². The highest BCUT2D eigenvalue weighted by Gasteiger charge is 2.16. The number of thiazole rings is 1. The lowest BCUT2D eigenvalue weighted by Gasteiger charge is -2.09. The lowest BCUT2D eigenvalue weighted by molar-refractivity contribution is -0.141. The molecule has 0 N–H and O–H groups in total. The van der Waals surface area contributed by atoms with Gasteiger partial charge in [0.2, 0.25) is 0 Å². The molecule has 1 heterocycles. The van der Waals surface area contributed by atoms with E-state index in [9.17, 15) is 9.59 Å². The zero-order valence-corrected chi connectivity index (χ0v) is 19.6. The highest BCUT2D eigenvalue weighted by molar-refractivity contribution is 7.16. The van der Waals surface area contributed by atoms with Crippen LogP contribution >= 0.6 is 11.3 Å². The van der Waals surface area contributed by atoms with Crippen LogP contribution < -0.4 is 19.0 Å².